The van der Waals surface area contributed by atoms with Crippen molar-refractivity contribution < 1.29 is 9.26 Å². The Balaban J connectivity index is 1.79. The van der Waals surface area contributed by atoms with Gasteiger partial charge in [-0.05, 0) is 25.1 Å². The first kappa shape index (κ1) is 12.9. The Morgan fingerprint density at radius 3 is 2.90 bits per heavy atom. The van der Waals surface area contributed by atoms with Gasteiger partial charge in [0.15, 0.2) is 5.76 Å². The Labute approximate surface area is 119 Å². The molecule has 3 aromatic heterocycles. The first-order chi connectivity index (χ1) is 9.65. The number of hydrogen-bond acceptors (Lipinski definition) is 7. The second-order valence-electron chi connectivity index (χ2n) is 4.27. The van der Waals surface area contributed by atoms with Crippen LogP contribution in [0.5, 0.6) is 5.88 Å². The lowest BCUT2D eigenvalue weighted by Gasteiger charge is -1.97. The van der Waals surface area contributed by atoms with Gasteiger partial charge in [0.05, 0.1) is 12.9 Å². The number of thioether (sulfide) groups is 1. The van der Waals surface area contributed by atoms with Crippen molar-refractivity contribution in [3.05, 3.63) is 29.3 Å². The third-order valence-corrected chi connectivity index (χ3v) is 3.55. The summed E-state index contributed by atoms with van der Waals surface area (Å²) in [4.78, 5) is 8.74. The van der Waals surface area contributed by atoms with E-state index in [9.17, 15) is 0 Å². The minimum absolute atomic E-state index is 0.469. The summed E-state index contributed by atoms with van der Waals surface area (Å²) >= 11 is 1.47. The number of fused-ring (bicyclic) bond motifs is 1. The molecular weight excluding hydrogens is 278 g/mol. The zero-order chi connectivity index (χ0) is 14.1. The molecule has 3 rings (SSSR count). The molecule has 7 nitrogen and oxygen atoms in total. The zero-order valence-electron chi connectivity index (χ0n) is 11.3. The number of aromatic nitrogens is 5. The number of rotatable bonds is 4. The fourth-order valence-electron chi connectivity index (χ4n) is 1.80. The predicted octanol–water partition coefficient (Wildman–Crippen LogP) is 2.03. The largest absolute Gasteiger partial charge is 0.479 e. The average molecular weight is 291 g/mol. The van der Waals surface area contributed by atoms with Crippen molar-refractivity contribution in [1.29, 1.82) is 0 Å². The van der Waals surface area contributed by atoms with Crippen LogP contribution in [0.25, 0.3) is 5.78 Å². The number of nitrogens with zero attached hydrogens (tertiary/aromatic N) is 5. The fraction of sp³-hybridized carbons (Fsp3) is 0.333. The molecule has 3 heterocycles. The van der Waals surface area contributed by atoms with Crippen LogP contribution in [0.1, 0.15) is 17.1 Å². The van der Waals surface area contributed by atoms with E-state index in [4.69, 9.17) is 9.26 Å². The van der Waals surface area contributed by atoms with E-state index in [-0.39, 0.29) is 0 Å². The van der Waals surface area contributed by atoms with Crippen LogP contribution in [0.2, 0.25) is 0 Å². The molecule has 0 atom stereocenters. The summed E-state index contributed by atoms with van der Waals surface area (Å²) in [6.07, 6.45) is 0. The lowest BCUT2D eigenvalue weighted by atomic mass is 10.4. The van der Waals surface area contributed by atoms with Crippen LogP contribution in [-0.4, -0.2) is 31.8 Å². The van der Waals surface area contributed by atoms with E-state index in [0.29, 0.717) is 28.3 Å². The smallest absolute Gasteiger partial charge is 0.254 e. The second kappa shape index (κ2) is 5.12. The van der Waals surface area contributed by atoms with E-state index in [2.05, 4.69) is 20.2 Å². The van der Waals surface area contributed by atoms with E-state index in [0.717, 1.165) is 11.4 Å². The first-order valence-corrected chi connectivity index (χ1v) is 6.97. The van der Waals surface area contributed by atoms with Crippen LogP contribution in [0.3, 0.4) is 0 Å². The Hall–Kier alpha value is -2.09. The highest BCUT2D eigenvalue weighted by molar-refractivity contribution is 7.98. The molecule has 8 heteroatoms. The number of hydrogen-bond donors (Lipinski definition) is 0. The SMILES string of the molecule is COc1cc(CSc2nc3nc(C)cc(C)n3n2)on1. The van der Waals surface area contributed by atoms with Crippen LogP contribution >= 0.6 is 11.8 Å². The van der Waals surface area contributed by atoms with Gasteiger partial charge in [-0.2, -0.15) is 4.98 Å². The van der Waals surface area contributed by atoms with Crippen molar-refractivity contribution in [3.8, 4) is 5.88 Å². The summed E-state index contributed by atoms with van der Waals surface area (Å²) in [5.41, 5.74) is 1.94. The summed E-state index contributed by atoms with van der Waals surface area (Å²) in [6.45, 7) is 3.92. The van der Waals surface area contributed by atoms with Gasteiger partial charge in [0.2, 0.25) is 5.16 Å². The molecule has 0 unspecified atom stereocenters. The molecule has 0 amide bonds. The lowest BCUT2D eigenvalue weighted by molar-refractivity contribution is 0.330. The van der Waals surface area contributed by atoms with Crippen LogP contribution in [0, 0.1) is 13.8 Å². The Bertz CT molecular complexity index is 751. The van der Waals surface area contributed by atoms with Crippen molar-refractivity contribution in [1.82, 2.24) is 24.7 Å². The lowest BCUT2D eigenvalue weighted by Crippen LogP contribution is -1.97. The van der Waals surface area contributed by atoms with Gasteiger partial charge >= 0.3 is 0 Å². The van der Waals surface area contributed by atoms with Crippen LogP contribution in [0.15, 0.2) is 21.8 Å². The molecule has 0 N–H and O–H groups in total. The van der Waals surface area contributed by atoms with E-state index < -0.39 is 0 Å². The van der Waals surface area contributed by atoms with Crippen molar-refractivity contribution in [2.75, 3.05) is 7.11 Å². The van der Waals surface area contributed by atoms with Gasteiger partial charge in [-0.25, -0.2) is 9.50 Å². The standard InChI is InChI=1S/C12H13N5O2S/c1-7-4-8(2)17-11(13-7)14-12(15-17)20-6-9-5-10(18-3)16-19-9/h4-5H,6H2,1-3H3. The molecule has 0 spiro atoms. The molecule has 0 aliphatic rings. The summed E-state index contributed by atoms with van der Waals surface area (Å²) in [5, 5.41) is 8.81. The van der Waals surface area contributed by atoms with Crippen LogP contribution < -0.4 is 4.74 Å². The van der Waals surface area contributed by atoms with Crippen molar-refractivity contribution >= 4 is 17.5 Å². The maximum atomic E-state index is 5.12. The van der Waals surface area contributed by atoms with E-state index >= 15 is 0 Å². The number of ether oxygens (including phenoxy) is 1. The summed E-state index contributed by atoms with van der Waals surface area (Å²) in [7, 11) is 1.55. The summed E-state index contributed by atoms with van der Waals surface area (Å²) in [6, 6.07) is 3.72. The van der Waals surface area contributed by atoms with E-state index in [1.165, 1.54) is 11.8 Å². The van der Waals surface area contributed by atoms with Crippen molar-refractivity contribution in [2.45, 2.75) is 24.8 Å². The highest BCUT2D eigenvalue weighted by Crippen LogP contribution is 2.22. The quantitative estimate of drug-likeness (QED) is 0.680. The van der Waals surface area contributed by atoms with E-state index in [1.807, 2.05) is 19.9 Å². The van der Waals surface area contributed by atoms with Gasteiger partial charge in [-0.3, -0.25) is 0 Å². The summed E-state index contributed by atoms with van der Waals surface area (Å²) < 4.78 is 11.8. The summed E-state index contributed by atoms with van der Waals surface area (Å²) in [5.74, 6) is 2.38. The first-order valence-electron chi connectivity index (χ1n) is 5.99. The predicted molar refractivity (Wildman–Crippen MR) is 72.9 cm³/mol. The third-order valence-electron chi connectivity index (χ3n) is 2.69. The topological polar surface area (TPSA) is 78.3 Å². The minimum atomic E-state index is 0.469. The molecule has 0 saturated carbocycles. The van der Waals surface area contributed by atoms with Crippen molar-refractivity contribution in [3.63, 3.8) is 0 Å². The molecule has 20 heavy (non-hydrogen) atoms. The molecule has 0 aliphatic heterocycles. The molecule has 0 aromatic carbocycles. The molecule has 0 bridgehead atoms. The fourth-order valence-corrected chi connectivity index (χ4v) is 2.50. The van der Waals surface area contributed by atoms with E-state index in [1.54, 1.807) is 17.7 Å². The minimum Gasteiger partial charge on any atom is -0.479 e. The van der Waals surface area contributed by atoms with Crippen LogP contribution in [0.4, 0.5) is 0 Å². The molecule has 0 radical (unpaired) electrons. The van der Waals surface area contributed by atoms with Crippen molar-refractivity contribution in [2.24, 2.45) is 0 Å². The highest BCUT2D eigenvalue weighted by atomic mass is 32.2. The Kier molecular flexibility index (Phi) is 3.31. The van der Waals surface area contributed by atoms with Gasteiger partial charge in [0, 0.05) is 17.5 Å². The highest BCUT2D eigenvalue weighted by Gasteiger charge is 2.10. The Morgan fingerprint density at radius 2 is 2.15 bits per heavy atom. The monoisotopic (exact) mass is 291 g/mol. The molecule has 0 fully saturated rings. The maximum absolute atomic E-state index is 5.12. The van der Waals surface area contributed by atoms with Gasteiger partial charge < -0.3 is 9.26 Å². The van der Waals surface area contributed by atoms with Gasteiger partial charge in [-0.1, -0.05) is 11.8 Å². The normalized spacial score (nSPS) is 11.2. The maximum Gasteiger partial charge on any atom is 0.254 e. The van der Waals surface area contributed by atoms with Crippen LogP contribution in [-0.2, 0) is 5.75 Å². The average Bonchev–Trinajstić information content (AvgIpc) is 3.02. The number of methoxy groups -OCH3 is 1. The Morgan fingerprint density at radius 1 is 1.30 bits per heavy atom. The molecule has 104 valence electrons. The van der Waals surface area contributed by atoms with Gasteiger partial charge in [-0.15, -0.1) is 5.10 Å². The zero-order valence-corrected chi connectivity index (χ0v) is 12.1. The van der Waals surface area contributed by atoms with Gasteiger partial charge in [0.1, 0.15) is 0 Å². The molecule has 0 saturated heterocycles. The molecule has 0 aliphatic carbocycles. The second-order valence-corrected chi connectivity index (χ2v) is 5.21. The molecule has 3 aromatic rings. The van der Waals surface area contributed by atoms with Gasteiger partial charge in [0.25, 0.3) is 11.7 Å². The number of aryl methyl sites for hydroxylation is 2. The molecular formula is C12H13N5O2S. The third kappa shape index (κ3) is 2.46.